The summed E-state index contributed by atoms with van der Waals surface area (Å²) in [6.07, 6.45) is 0. The normalized spacial score (nSPS) is 10.7. The third-order valence-corrected chi connectivity index (χ3v) is 7.17. The molecule has 0 aliphatic heterocycles. The maximum absolute atomic E-state index is 10.7. The zero-order valence-corrected chi connectivity index (χ0v) is 19.4. The van der Waals surface area contributed by atoms with Gasteiger partial charge in [-0.3, -0.25) is 10.1 Å². The molecule has 6 aromatic rings. The highest BCUT2D eigenvalue weighted by Gasteiger charge is 2.11. The monoisotopic (exact) mass is 482 g/mol. The molecular weight excluding hydrogens is 464 g/mol. The Morgan fingerprint density at radius 3 is 1.71 bits per heavy atom. The topological polar surface area (TPSA) is 94.9 Å². The maximum Gasteiger partial charge on any atom is 0.270 e. The molecule has 0 fully saturated rings. The first kappa shape index (κ1) is 21.7. The Labute approximate surface area is 203 Å². The minimum Gasteiger partial charge on any atom is -0.399 e. The van der Waals surface area contributed by atoms with E-state index in [0.717, 1.165) is 47.3 Å². The van der Waals surface area contributed by atoms with Crippen LogP contribution in [0, 0.1) is 10.1 Å². The molecular formula is C26H18N4O2S2. The average molecular weight is 483 g/mol. The van der Waals surface area contributed by atoms with Gasteiger partial charge in [0.05, 0.1) is 25.4 Å². The van der Waals surface area contributed by atoms with Crippen LogP contribution in [0.15, 0.2) is 97.1 Å². The third-order valence-electron chi connectivity index (χ3n) is 5.04. The predicted molar refractivity (Wildman–Crippen MR) is 141 cm³/mol. The minimum absolute atomic E-state index is 0.103. The highest BCUT2D eigenvalue weighted by molar-refractivity contribution is 7.22. The molecule has 0 bridgehead atoms. The number of fused-ring (bicyclic) bond motifs is 2. The number of nitro groups is 1. The fraction of sp³-hybridized carbons (Fsp3) is 0. The molecule has 0 spiro atoms. The summed E-state index contributed by atoms with van der Waals surface area (Å²) in [5, 5.41) is 12.6. The Kier molecular flexibility index (Phi) is 5.99. The lowest BCUT2D eigenvalue weighted by molar-refractivity contribution is -0.384. The standard InChI is InChI=1S/C13H8N2O2S.C13H10N2S/c16-15(17)10-6-7-11-12(8-10)18-13(14-11)9-4-2-1-3-5-9;14-10-6-7-11-12(8-10)16-13(15-11)9-4-2-1-3-5-9/h1-8H;1-8H,14H2. The summed E-state index contributed by atoms with van der Waals surface area (Å²) in [6, 6.07) is 30.6. The van der Waals surface area contributed by atoms with Crippen molar-refractivity contribution in [3.05, 3.63) is 107 Å². The van der Waals surface area contributed by atoms with E-state index in [1.165, 1.54) is 17.4 Å². The van der Waals surface area contributed by atoms with Crippen LogP contribution < -0.4 is 5.73 Å². The van der Waals surface area contributed by atoms with Gasteiger partial charge in [-0.2, -0.15) is 0 Å². The lowest BCUT2D eigenvalue weighted by atomic mass is 10.2. The van der Waals surface area contributed by atoms with E-state index in [2.05, 4.69) is 22.1 Å². The van der Waals surface area contributed by atoms with Gasteiger partial charge in [-0.15, -0.1) is 22.7 Å². The second-order valence-corrected chi connectivity index (χ2v) is 9.47. The predicted octanol–water partition coefficient (Wildman–Crippen LogP) is 7.42. The number of anilines is 1. The van der Waals surface area contributed by atoms with Gasteiger partial charge in [0.25, 0.3) is 5.69 Å². The highest BCUT2D eigenvalue weighted by atomic mass is 32.1. The summed E-state index contributed by atoms with van der Waals surface area (Å²) < 4.78 is 1.97. The van der Waals surface area contributed by atoms with E-state index in [9.17, 15) is 10.1 Å². The van der Waals surface area contributed by atoms with Crippen molar-refractivity contribution in [2.24, 2.45) is 0 Å². The van der Waals surface area contributed by atoms with Crippen molar-refractivity contribution in [2.45, 2.75) is 0 Å². The Morgan fingerprint density at radius 2 is 1.18 bits per heavy atom. The van der Waals surface area contributed by atoms with Gasteiger partial charge in [0.15, 0.2) is 0 Å². The van der Waals surface area contributed by atoms with E-state index in [1.807, 2.05) is 66.7 Å². The minimum atomic E-state index is -0.388. The van der Waals surface area contributed by atoms with E-state index >= 15 is 0 Å². The second-order valence-electron chi connectivity index (χ2n) is 7.41. The molecule has 2 heterocycles. The molecule has 4 aromatic carbocycles. The van der Waals surface area contributed by atoms with E-state index in [-0.39, 0.29) is 10.6 Å². The number of rotatable bonds is 3. The Hall–Kier alpha value is -4.14. The SMILES string of the molecule is Nc1ccc2nc(-c3ccccc3)sc2c1.O=[N+]([O-])c1ccc2nc(-c3ccccc3)sc2c1. The Balaban J connectivity index is 0.000000142. The molecule has 34 heavy (non-hydrogen) atoms. The fourth-order valence-corrected chi connectivity index (χ4v) is 5.40. The fourth-order valence-electron chi connectivity index (χ4n) is 3.38. The lowest BCUT2D eigenvalue weighted by Crippen LogP contribution is -1.85. The van der Waals surface area contributed by atoms with Crippen molar-refractivity contribution in [2.75, 3.05) is 5.73 Å². The van der Waals surface area contributed by atoms with Crippen LogP contribution in [0.5, 0.6) is 0 Å². The highest BCUT2D eigenvalue weighted by Crippen LogP contribution is 2.32. The van der Waals surface area contributed by atoms with Crippen molar-refractivity contribution in [3.8, 4) is 21.1 Å². The first-order chi connectivity index (χ1) is 16.6. The van der Waals surface area contributed by atoms with Crippen molar-refractivity contribution in [1.82, 2.24) is 9.97 Å². The van der Waals surface area contributed by atoms with Crippen LogP contribution >= 0.6 is 22.7 Å². The van der Waals surface area contributed by atoms with Crippen LogP contribution in [0.1, 0.15) is 0 Å². The van der Waals surface area contributed by atoms with Gasteiger partial charge in [-0.05, 0) is 24.3 Å². The number of nitrogen functional groups attached to an aromatic ring is 1. The van der Waals surface area contributed by atoms with Gasteiger partial charge in [-0.1, -0.05) is 60.7 Å². The van der Waals surface area contributed by atoms with E-state index in [1.54, 1.807) is 23.5 Å². The van der Waals surface area contributed by atoms with Gasteiger partial charge in [-0.25, -0.2) is 9.97 Å². The smallest absolute Gasteiger partial charge is 0.270 e. The largest absolute Gasteiger partial charge is 0.399 e. The number of aromatic nitrogens is 2. The quantitative estimate of drug-likeness (QED) is 0.161. The van der Waals surface area contributed by atoms with Gasteiger partial charge in [0.2, 0.25) is 0 Å². The van der Waals surface area contributed by atoms with Crippen molar-refractivity contribution in [3.63, 3.8) is 0 Å². The molecule has 0 saturated heterocycles. The lowest BCUT2D eigenvalue weighted by Gasteiger charge is -1.92. The number of nitrogens with zero attached hydrogens (tertiary/aromatic N) is 3. The number of hydrogen-bond donors (Lipinski definition) is 1. The molecule has 8 heteroatoms. The van der Waals surface area contributed by atoms with E-state index in [0.29, 0.717) is 0 Å². The number of thiazole rings is 2. The molecule has 6 nitrogen and oxygen atoms in total. The number of hydrogen-bond acceptors (Lipinski definition) is 7. The van der Waals surface area contributed by atoms with Crippen LogP contribution in [-0.4, -0.2) is 14.9 Å². The molecule has 0 unspecified atom stereocenters. The van der Waals surface area contributed by atoms with Crippen molar-refractivity contribution in [1.29, 1.82) is 0 Å². The summed E-state index contributed by atoms with van der Waals surface area (Å²) in [5.74, 6) is 0. The Morgan fingerprint density at radius 1 is 0.676 bits per heavy atom. The molecule has 6 rings (SSSR count). The molecule has 0 aliphatic rings. The van der Waals surface area contributed by atoms with Gasteiger partial charge in [0, 0.05) is 28.9 Å². The molecule has 2 N–H and O–H groups in total. The zero-order valence-electron chi connectivity index (χ0n) is 17.8. The van der Waals surface area contributed by atoms with Crippen LogP contribution in [0.2, 0.25) is 0 Å². The van der Waals surface area contributed by atoms with Gasteiger partial charge < -0.3 is 5.73 Å². The van der Waals surface area contributed by atoms with E-state index in [4.69, 9.17) is 5.73 Å². The molecule has 0 radical (unpaired) electrons. The first-order valence-electron chi connectivity index (χ1n) is 10.4. The molecule has 2 aromatic heterocycles. The van der Waals surface area contributed by atoms with Gasteiger partial charge in [0.1, 0.15) is 10.0 Å². The second kappa shape index (κ2) is 9.38. The summed E-state index contributed by atoms with van der Waals surface area (Å²) in [5.41, 5.74) is 10.6. The van der Waals surface area contributed by atoms with Crippen LogP contribution in [-0.2, 0) is 0 Å². The summed E-state index contributed by atoms with van der Waals surface area (Å²) >= 11 is 3.14. The molecule has 0 atom stereocenters. The van der Waals surface area contributed by atoms with E-state index < -0.39 is 0 Å². The summed E-state index contributed by atoms with van der Waals surface area (Å²) in [7, 11) is 0. The Bertz CT molecular complexity index is 1600. The average Bonchev–Trinajstić information content (AvgIpc) is 3.49. The van der Waals surface area contributed by atoms with Crippen LogP contribution in [0.3, 0.4) is 0 Å². The van der Waals surface area contributed by atoms with Crippen LogP contribution in [0.4, 0.5) is 11.4 Å². The molecule has 166 valence electrons. The summed E-state index contributed by atoms with van der Waals surface area (Å²) in [4.78, 5) is 19.4. The number of nitro benzene ring substituents is 1. The summed E-state index contributed by atoms with van der Waals surface area (Å²) in [6.45, 7) is 0. The molecule has 0 aliphatic carbocycles. The van der Waals surface area contributed by atoms with Crippen LogP contribution in [0.25, 0.3) is 41.6 Å². The van der Waals surface area contributed by atoms with Gasteiger partial charge >= 0.3 is 0 Å². The number of non-ortho nitro benzene ring substituents is 1. The number of benzene rings is 4. The maximum atomic E-state index is 10.7. The van der Waals surface area contributed by atoms with Crippen molar-refractivity contribution < 1.29 is 4.92 Å². The first-order valence-corrected chi connectivity index (χ1v) is 12.0. The molecule has 0 amide bonds. The number of nitrogens with two attached hydrogens (primary N) is 1. The molecule has 0 saturated carbocycles. The zero-order chi connectivity index (χ0) is 23.5. The third kappa shape index (κ3) is 4.63. The van der Waals surface area contributed by atoms with Crippen molar-refractivity contribution >= 4 is 54.5 Å².